The van der Waals surface area contributed by atoms with Gasteiger partial charge in [0.05, 0.1) is 19.2 Å². The molecule has 2 N–H and O–H groups in total. The molecule has 2 atom stereocenters. The van der Waals surface area contributed by atoms with Gasteiger partial charge in [0.2, 0.25) is 0 Å². The maximum atomic E-state index is 12.1. The first-order valence-electron chi connectivity index (χ1n) is 6.86. The van der Waals surface area contributed by atoms with Gasteiger partial charge in [0.25, 0.3) is 0 Å². The van der Waals surface area contributed by atoms with Crippen LogP contribution in [0.2, 0.25) is 0 Å². The molecule has 2 rings (SSSR count). The third kappa shape index (κ3) is 3.34. The van der Waals surface area contributed by atoms with Gasteiger partial charge >= 0.3 is 6.09 Å². The van der Waals surface area contributed by atoms with Gasteiger partial charge in [0.15, 0.2) is 0 Å². The summed E-state index contributed by atoms with van der Waals surface area (Å²) in [7, 11) is 1.48. The summed E-state index contributed by atoms with van der Waals surface area (Å²) < 4.78 is 5.28. The lowest BCUT2D eigenvalue weighted by Gasteiger charge is -2.34. The van der Waals surface area contributed by atoms with Crippen LogP contribution in [-0.2, 0) is 16.2 Å². The molecule has 6 heteroatoms. The predicted molar refractivity (Wildman–Crippen MR) is 77.4 cm³/mol. The van der Waals surface area contributed by atoms with Crippen molar-refractivity contribution in [2.75, 3.05) is 20.2 Å². The Morgan fingerprint density at radius 2 is 2.00 bits per heavy atom. The predicted octanol–water partition coefficient (Wildman–Crippen LogP) is 1.30. The van der Waals surface area contributed by atoms with Crippen LogP contribution in [0.4, 0.5) is 4.79 Å². The Morgan fingerprint density at radius 1 is 1.33 bits per heavy atom. The zero-order chi connectivity index (χ0) is 15.5. The van der Waals surface area contributed by atoms with Crippen LogP contribution in [0, 0.1) is 0 Å². The van der Waals surface area contributed by atoms with Gasteiger partial charge < -0.3 is 19.6 Å². The number of hydrogen-bond donors (Lipinski definition) is 2. The molecule has 0 bridgehead atoms. The summed E-state index contributed by atoms with van der Waals surface area (Å²) in [6.45, 7) is 4.19. The monoisotopic (exact) mass is 294 g/mol. The third-order valence-electron chi connectivity index (χ3n) is 3.99. The largest absolute Gasteiger partial charge is 0.445 e. The van der Waals surface area contributed by atoms with Crippen molar-refractivity contribution in [3.05, 3.63) is 35.9 Å². The quantitative estimate of drug-likeness (QED) is 0.819. The van der Waals surface area contributed by atoms with E-state index in [0.717, 1.165) is 5.56 Å². The van der Waals surface area contributed by atoms with E-state index in [2.05, 4.69) is 5.48 Å². The van der Waals surface area contributed by atoms with E-state index < -0.39 is 17.2 Å². The second kappa shape index (κ2) is 6.01. The molecule has 1 aromatic rings. The topological polar surface area (TPSA) is 71.0 Å². The highest BCUT2D eigenvalue weighted by Gasteiger charge is 2.53. The van der Waals surface area contributed by atoms with Gasteiger partial charge in [-0.1, -0.05) is 30.3 Å². The van der Waals surface area contributed by atoms with Crippen molar-refractivity contribution in [2.45, 2.75) is 31.6 Å². The van der Waals surface area contributed by atoms with Gasteiger partial charge in [0, 0.05) is 6.54 Å². The van der Waals surface area contributed by atoms with E-state index in [1.54, 1.807) is 13.8 Å². The average Bonchev–Trinajstić information content (AvgIpc) is 2.68. The molecule has 1 aliphatic heterocycles. The van der Waals surface area contributed by atoms with Gasteiger partial charge in [-0.05, 0) is 19.4 Å². The van der Waals surface area contributed by atoms with Gasteiger partial charge in [0.1, 0.15) is 12.2 Å². The van der Waals surface area contributed by atoms with E-state index >= 15 is 0 Å². The summed E-state index contributed by atoms with van der Waals surface area (Å²) in [4.78, 5) is 18.5. The number of carbonyl (C=O) groups excluding carboxylic acids is 1. The van der Waals surface area contributed by atoms with Crippen LogP contribution < -0.4 is 5.48 Å². The maximum Gasteiger partial charge on any atom is 0.410 e. The van der Waals surface area contributed by atoms with Gasteiger partial charge in [-0.15, -0.1) is 0 Å². The number of nitrogens with one attached hydrogen (secondary N) is 1. The molecule has 0 unspecified atom stereocenters. The number of aliphatic hydroxyl groups is 1. The van der Waals surface area contributed by atoms with Crippen molar-refractivity contribution >= 4 is 6.09 Å². The molecular formula is C15H22N2O4. The van der Waals surface area contributed by atoms with E-state index in [1.165, 1.54) is 12.0 Å². The number of carbonyl (C=O) groups is 1. The Morgan fingerprint density at radius 3 is 2.62 bits per heavy atom. The summed E-state index contributed by atoms with van der Waals surface area (Å²) in [6.07, 6.45) is -0.444. The lowest BCUT2D eigenvalue weighted by molar-refractivity contribution is -0.0708. The Balaban J connectivity index is 1.95. The second-order valence-electron chi connectivity index (χ2n) is 5.81. The van der Waals surface area contributed by atoms with E-state index in [9.17, 15) is 9.90 Å². The van der Waals surface area contributed by atoms with Crippen LogP contribution in [-0.4, -0.2) is 47.4 Å². The van der Waals surface area contributed by atoms with Crippen LogP contribution in [0.5, 0.6) is 0 Å². The molecule has 6 nitrogen and oxygen atoms in total. The maximum absolute atomic E-state index is 12.1. The first-order chi connectivity index (χ1) is 9.88. The van der Waals surface area contributed by atoms with E-state index in [1.807, 2.05) is 30.3 Å². The molecule has 1 fully saturated rings. The van der Waals surface area contributed by atoms with Gasteiger partial charge in [-0.25, -0.2) is 4.79 Å². The van der Waals surface area contributed by atoms with Crippen LogP contribution in [0.15, 0.2) is 30.3 Å². The van der Waals surface area contributed by atoms with Crippen LogP contribution >= 0.6 is 0 Å². The van der Waals surface area contributed by atoms with Crippen molar-refractivity contribution in [3.8, 4) is 0 Å². The third-order valence-corrected chi connectivity index (χ3v) is 3.99. The smallest absolute Gasteiger partial charge is 0.410 e. The molecule has 1 aromatic carbocycles. The minimum atomic E-state index is -1.10. The number of β-amino-alcohol motifs (C(OH)–C–C–N with tert-alkyl or cyclic N) is 1. The molecule has 0 spiro atoms. The summed E-state index contributed by atoms with van der Waals surface area (Å²) in [5.41, 5.74) is 1.85. The minimum Gasteiger partial charge on any atom is -0.445 e. The van der Waals surface area contributed by atoms with Crippen LogP contribution in [0.3, 0.4) is 0 Å². The highest BCUT2D eigenvalue weighted by molar-refractivity contribution is 5.68. The Labute approximate surface area is 124 Å². The zero-order valence-corrected chi connectivity index (χ0v) is 12.6. The van der Waals surface area contributed by atoms with Crippen LogP contribution in [0.1, 0.15) is 19.4 Å². The summed E-state index contributed by atoms with van der Waals surface area (Å²) in [6, 6.07) is 9.48. The van der Waals surface area contributed by atoms with Gasteiger partial charge in [-0.2, -0.15) is 5.48 Å². The SMILES string of the molecule is CON[C@@]1(C)CN(C(=O)OCc2ccccc2)C[C@@]1(C)O. The van der Waals surface area contributed by atoms with Crippen molar-refractivity contribution in [2.24, 2.45) is 0 Å². The number of likely N-dealkylation sites (tertiary alicyclic amines) is 1. The highest BCUT2D eigenvalue weighted by Crippen LogP contribution is 2.31. The second-order valence-corrected chi connectivity index (χ2v) is 5.81. The number of benzene rings is 1. The first kappa shape index (κ1) is 15.8. The molecule has 0 aliphatic carbocycles. The summed E-state index contributed by atoms with van der Waals surface area (Å²) >= 11 is 0. The Bertz CT molecular complexity index is 492. The molecule has 1 heterocycles. The number of hydrogen-bond acceptors (Lipinski definition) is 5. The molecule has 116 valence electrons. The Hall–Kier alpha value is -1.63. The van der Waals surface area contributed by atoms with Crippen molar-refractivity contribution in [1.29, 1.82) is 0 Å². The zero-order valence-electron chi connectivity index (χ0n) is 12.6. The lowest BCUT2D eigenvalue weighted by atomic mass is 9.87. The fourth-order valence-corrected chi connectivity index (χ4v) is 2.46. The first-order valence-corrected chi connectivity index (χ1v) is 6.86. The fraction of sp³-hybridized carbons (Fsp3) is 0.533. The minimum absolute atomic E-state index is 0.188. The number of ether oxygens (including phenoxy) is 1. The molecule has 0 aromatic heterocycles. The lowest BCUT2D eigenvalue weighted by Crippen LogP contribution is -2.58. The molecule has 1 amide bonds. The van der Waals surface area contributed by atoms with E-state index in [0.29, 0.717) is 6.54 Å². The average molecular weight is 294 g/mol. The molecular weight excluding hydrogens is 272 g/mol. The number of hydroxylamine groups is 1. The van der Waals surface area contributed by atoms with Gasteiger partial charge in [-0.3, -0.25) is 0 Å². The van der Waals surface area contributed by atoms with E-state index in [-0.39, 0.29) is 13.2 Å². The Kier molecular flexibility index (Phi) is 4.51. The standard InChI is InChI=1S/C15H22N2O4/c1-14(16-20-3)10-17(11-15(14,2)19)13(18)21-9-12-7-5-4-6-8-12/h4-8,16,19H,9-11H2,1-3H3/t14-,15+/m0/s1. The summed E-state index contributed by atoms with van der Waals surface area (Å²) in [5.74, 6) is 0. The molecule has 0 saturated carbocycles. The summed E-state index contributed by atoms with van der Waals surface area (Å²) in [5, 5.41) is 10.5. The van der Waals surface area contributed by atoms with Crippen molar-refractivity contribution in [1.82, 2.24) is 10.4 Å². The van der Waals surface area contributed by atoms with Crippen molar-refractivity contribution in [3.63, 3.8) is 0 Å². The molecule has 1 aliphatic rings. The number of rotatable bonds is 4. The normalized spacial score (nSPS) is 28.7. The molecule has 21 heavy (non-hydrogen) atoms. The molecule has 0 radical (unpaired) electrons. The number of amides is 1. The van der Waals surface area contributed by atoms with Crippen LogP contribution in [0.25, 0.3) is 0 Å². The molecule has 1 saturated heterocycles. The van der Waals surface area contributed by atoms with E-state index in [4.69, 9.17) is 9.57 Å². The van der Waals surface area contributed by atoms with Crippen molar-refractivity contribution < 1.29 is 19.5 Å². The number of nitrogens with zero attached hydrogens (tertiary/aromatic N) is 1. The fourth-order valence-electron chi connectivity index (χ4n) is 2.46. The highest BCUT2D eigenvalue weighted by atomic mass is 16.6.